The Bertz CT molecular complexity index is 390. The first kappa shape index (κ1) is 15.6. The number of carbonyl (C=O) groups excluding carboxylic acids is 1. The number of rotatable bonds is 7. The lowest BCUT2D eigenvalue weighted by atomic mass is 10.2. The van der Waals surface area contributed by atoms with Crippen LogP contribution in [0.5, 0.6) is 0 Å². The Morgan fingerprint density at radius 2 is 2.21 bits per heavy atom. The monoisotopic (exact) mass is 265 g/mol. The molecule has 0 amide bonds. The van der Waals surface area contributed by atoms with Crippen molar-refractivity contribution in [2.24, 2.45) is 0 Å². The van der Waals surface area contributed by atoms with Crippen molar-refractivity contribution in [1.82, 2.24) is 15.2 Å². The summed E-state index contributed by atoms with van der Waals surface area (Å²) in [6.07, 6.45) is 2.64. The topological polar surface area (TPSA) is 54.5 Å². The third-order valence-electron chi connectivity index (χ3n) is 2.89. The predicted octanol–water partition coefficient (Wildman–Crippen LogP) is 1.30. The van der Waals surface area contributed by atoms with Gasteiger partial charge in [-0.15, -0.1) is 0 Å². The van der Waals surface area contributed by atoms with E-state index in [-0.39, 0.29) is 5.97 Å². The Labute approximate surface area is 115 Å². The van der Waals surface area contributed by atoms with E-state index in [1.54, 1.807) is 12.3 Å². The third kappa shape index (κ3) is 5.81. The first-order valence-corrected chi connectivity index (χ1v) is 6.44. The molecule has 0 fully saturated rings. The van der Waals surface area contributed by atoms with E-state index in [2.05, 4.69) is 41.0 Å². The van der Waals surface area contributed by atoms with Crippen LogP contribution >= 0.6 is 0 Å². The van der Waals surface area contributed by atoms with E-state index in [0.717, 1.165) is 18.7 Å². The second-order valence-corrected chi connectivity index (χ2v) is 4.90. The molecule has 0 bridgehead atoms. The van der Waals surface area contributed by atoms with E-state index >= 15 is 0 Å². The van der Waals surface area contributed by atoms with Gasteiger partial charge >= 0.3 is 5.97 Å². The average molecular weight is 265 g/mol. The first-order chi connectivity index (χ1) is 9.02. The van der Waals surface area contributed by atoms with Crippen molar-refractivity contribution in [2.75, 3.05) is 27.7 Å². The molecule has 1 heterocycles. The van der Waals surface area contributed by atoms with Gasteiger partial charge in [-0.25, -0.2) is 4.79 Å². The molecule has 0 aromatic carbocycles. The molecule has 5 nitrogen and oxygen atoms in total. The molecule has 1 rings (SSSR count). The van der Waals surface area contributed by atoms with Crippen LogP contribution in [0.15, 0.2) is 18.3 Å². The van der Waals surface area contributed by atoms with E-state index in [9.17, 15) is 4.79 Å². The van der Waals surface area contributed by atoms with E-state index in [1.807, 2.05) is 6.07 Å². The van der Waals surface area contributed by atoms with Gasteiger partial charge in [0.15, 0.2) is 0 Å². The summed E-state index contributed by atoms with van der Waals surface area (Å²) in [7, 11) is 5.50. The highest BCUT2D eigenvalue weighted by atomic mass is 16.5. The van der Waals surface area contributed by atoms with E-state index < -0.39 is 0 Å². The summed E-state index contributed by atoms with van der Waals surface area (Å²) in [5, 5.41) is 3.41. The van der Waals surface area contributed by atoms with Gasteiger partial charge in [0.05, 0.1) is 18.4 Å². The predicted molar refractivity (Wildman–Crippen MR) is 75.0 cm³/mol. The minimum Gasteiger partial charge on any atom is -0.465 e. The molecule has 5 heteroatoms. The van der Waals surface area contributed by atoms with Crippen LogP contribution in [-0.4, -0.2) is 49.6 Å². The maximum atomic E-state index is 11.3. The van der Waals surface area contributed by atoms with Crippen molar-refractivity contribution < 1.29 is 9.53 Å². The molecule has 1 aromatic heterocycles. The summed E-state index contributed by atoms with van der Waals surface area (Å²) >= 11 is 0. The molecule has 1 atom stereocenters. The van der Waals surface area contributed by atoms with E-state index in [0.29, 0.717) is 18.2 Å². The van der Waals surface area contributed by atoms with Crippen LogP contribution in [0, 0.1) is 0 Å². The van der Waals surface area contributed by atoms with Crippen molar-refractivity contribution in [3.63, 3.8) is 0 Å². The third-order valence-corrected chi connectivity index (χ3v) is 2.89. The minimum atomic E-state index is -0.355. The summed E-state index contributed by atoms with van der Waals surface area (Å²) in [5.41, 5.74) is 1.40. The van der Waals surface area contributed by atoms with Crippen LogP contribution in [0.1, 0.15) is 29.4 Å². The minimum absolute atomic E-state index is 0.355. The smallest absolute Gasteiger partial charge is 0.339 e. The number of nitrogens with one attached hydrogen (secondary N) is 1. The molecule has 1 aromatic rings. The van der Waals surface area contributed by atoms with Gasteiger partial charge in [-0.1, -0.05) is 0 Å². The highest BCUT2D eigenvalue weighted by Gasteiger charge is 2.06. The van der Waals surface area contributed by atoms with Gasteiger partial charge in [-0.2, -0.15) is 0 Å². The second-order valence-electron chi connectivity index (χ2n) is 4.90. The van der Waals surface area contributed by atoms with Gasteiger partial charge in [0, 0.05) is 18.8 Å². The fourth-order valence-electron chi connectivity index (χ4n) is 1.60. The Balaban J connectivity index is 2.39. The Morgan fingerprint density at radius 1 is 1.47 bits per heavy atom. The van der Waals surface area contributed by atoms with Crippen LogP contribution in [0.25, 0.3) is 0 Å². The SMILES string of the molecule is COC(=O)c1ccc(CNC(C)CCN(C)C)nc1. The van der Waals surface area contributed by atoms with Crippen LogP contribution in [0.3, 0.4) is 0 Å². The van der Waals surface area contributed by atoms with Gasteiger partial charge in [-0.05, 0) is 46.1 Å². The van der Waals surface area contributed by atoms with Crippen LogP contribution in [0.4, 0.5) is 0 Å². The summed E-state index contributed by atoms with van der Waals surface area (Å²) in [6, 6.07) is 4.02. The number of esters is 1. The molecule has 0 saturated carbocycles. The lowest BCUT2D eigenvalue weighted by Gasteiger charge is -2.16. The van der Waals surface area contributed by atoms with Crippen LogP contribution < -0.4 is 5.32 Å². The zero-order valence-electron chi connectivity index (χ0n) is 12.1. The van der Waals surface area contributed by atoms with Gasteiger partial charge in [0.25, 0.3) is 0 Å². The largest absolute Gasteiger partial charge is 0.465 e. The Morgan fingerprint density at radius 3 is 2.74 bits per heavy atom. The first-order valence-electron chi connectivity index (χ1n) is 6.44. The fourth-order valence-corrected chi connectivity index (χ4v) is 1.60. The summed E-state index contributed by atoms with van der Waals surface area (Å²) in [4.78, 5) is 17.7. The summed E-state index contributed by atoms with van der Waals surface area (Å²) < 4.78 is 4.63. The molecule has 0 aliphatic carbocycles. The summed E-state index contributed by atoms with van der Waals surface area (Å²) in [6.45, 7) is 3.92. The molecule has 0 aliphatic heterocycles. The van der Waals surface area contributed by atoms with Crippen molar-refractivity contribution in [3.8, 4) is 0 Å². The van der Waals surface area contributed by atoms with Gasteiger partial charge in [0.2, 0.25) is 0 Å². The fraction of sp³-hybridized carbons (Fsp3) is 0.571. The molecular formula is C14H23N3O2. The molecule has 0 aliphatic rings. The van der Waals surface area contributed by atoms with Gasteiger partial charge in [0.1, 0.15) is 0 Å². The molecule has 0 spiro atoms. The van der Waals surface area contributed by atoms with Crippen molar-refractivity contribution in [1.29, 1.82) is 0 Å². The molecule has 1 N–H and O–H groups in total. The van der Waals surface area contributed by atoms with Gasteiger partial charge in [-0.3, -0.25) is 4.98 Å². The maximum Gasteiger partial charge on any atom is 0.339 e. The van der Waals surface area contributed by atoms with E-state index in [1.165, 1.54) is 7.11 Å². The quantitative estimate of drug-likeness (QED) is 0.753. The maximum absolute atomic E-state index is 11.3. The van der Waals surface area contributed by atoms with Crippen molar-refractivity contribution in [2.45, 2.75) is 25.9 Å². The number of ether oxygens (including phenoxy) is 1. The second kappa shape index (κ2) is 7.86. The molecule has 19 heavy (non-hydrogen) atoms. The van der Waals surface area contributed by atoms with Crippen LogP contribution in [0.2, 0.25) is 0 Å². The molecule has 0 saturated heterocycles. The number of aromatic nitrogens is 1. The number of hydrogen-bond donors (Lipinski definition) is 1. The van der Waals surface area contributed by atoms with Gasteiger partial charge < -0.3 is 15.0 Å². The highest BCUT2D eigenvalue weighted by molar-refractivity contribution is 5.88. The van der Waals surface area contributed by atoms with Crippen molar-refractivity contribution >= 4 is 5.97 Å². The standard InChI is InChI=1S/C14H23N3O2/c1-11(7-8-17(2)3)15-10-13-6-5-12(9-16-13)14(18)19-4/h5-6,9,11,15H,7-8,10H2,1-4H3. The molecule has 0 radical (unpaired) electrons. The number of hydrogen-bond acceptors (Lipinski definition) is 5. The molecular weight excluding hydrogens is 242 g/mol. The van der Waals surface area contributed by atoms with Crippen molar-refractivity contribution in [3.05, 3.63) is 29.6 Å². The normalized spacial score (nSPS) is 12.5. The zero-order valence-corrected chi connectivity index (χ0v) is 12.1. The summed E-state index contributed by atoms with van der Waals surface area (Å²) in [5.74, 6) is -0.355. The Kier molecular flexibility index (Phi) is 6.45. The lowest BCUT2D eigenvalue weighted by molar-refractivity contribution is 0.0600. The Hall–Kier alpha value is -1.46. The number of pyridine rings is 1. The molecule has 106 valence electrons. The number of nitrogens with zero attached hydrogens (tertiary/aromatic N) is 2. The highest BCUT2D eigenvalue weighted by Crippen LogP contribution is 2.03. The lowest BCUT2D eigenvalue weighted by Crippen LogP contribution is -2.29. The zero-order chi connectivity index (χ0) is 14.3. The number of methoxy groups -OCH3 is 1. The van der Waals surface area contributed by atoms with Crippen LogP contribution in [-0.2, 0) is 11.3 Å². The molecule has 1 unspecified atom stereocenters. The number of carbonyl (C=O) groups is 1. The average Bonchev–Trinajstić information content (AvgIpc) is 2.42. The van der Waals surface area contributed by atoms with E-state index in [4.69, 9.17) is 0 Å².